The maximum absolute atomic E-state index is 2.59. The van der Waals surface area contributed by atoms with E-state index in [2.05, 4.69) is 49.3 Å². The van der Waals surface area contributed by atoms with Gasteiger partial charge in [0.2, 0.25) is 0 Å². The predicted octanol–water partition coefficient (Wildman–Crippen LogP) is 1.81. The van der Waals surface area contributed by atoms with Crippen molar-refractivity contribution in [1.82, 2.24) is 0 Å². The molecular weight excluding hydrogens is 587 g/mol. The summed E-state index contributed by atoms with van der Waals surface area (Å²) in [5.41, 5.74) is 3.29. The van der Waals surface area contributed by atoms with E-state index in [1.807, 2.05) is 0 Å². The summed E-state index contributed by atoms with van der Waals surface area (Å²) in [4.78, 5) is 0. The average Bonchev–Trinajstić information content (AvgIpc) is 3.54. The number of hydrogen-bond donors (Lipinski definition) is 0. The van der Waals surface area contributed by atoms with Crippen LogP contribution in [-0.4, -0.2) is 0 Å². The minimum Gasteiger partial charge on any atom is -1.00 e. The van der Waals surface area contributed by atoms with Gasteiger partial charge in [0.1, 0.15) is 0 Å². The molecule has 0 aromatic carbocycles. The fourth-order valence-electron chi connectivity index (χ4n) is 6.95. The molecule has 0 N–H and O–H groups in total. The molecule has 6 aliphatic carbocycles. The third kappa shape index (κ3) is 6.79. The standard InChI is InChI=1S/2C14H19.2BrH.Zr/c2*1-2-6-11(5-1)14-9-12-7-3-4-8-13(12)10-14;;;/h2*3-4,7,9,11,13-14H,1-2,5-6,8,10H2;2*1H;/q2*-1;;;+4/p-2. The Hall–Kier alpha value is 0.543. The summed E-state index contributed by atoms with van der Waals surface area (Å²) in [6.45, 7) is 0. The van der Waals surface area contributed by atoms with Crippen molar-refractivity contribution >= 4 is 0 Å². The SMILES string of the molecule is C1=CCC2CC(C3CCCC3)[CH-]C2=C1.C1=CCC2CC(C3CCCC3)[CH-]C2=C1.[Br-].[Br-].[Zr+4]. The summed E-state index contributed by atoms with van der Waals surface area (Å²) >= 11 is 0. The number of rotatable bonds is 2. The van der Waals surface area contributed by atoms with Gasteiger partial charge in [-0.2, -0.15) is 0 Å². The molecule has 0 aliphatic heterocycles. The smallest absolute Gasteiger partial charge is 1.00 e. The van der Waals surface area contributed by atoms with Gasteiger partial charge in [0, 0.05) is 0 Å². The molecule has 0 radical (unpaired) electrons. The van der Waals surface area contributed by atoms with Gasteiger partial charge >= 0.3 is 26.2 Å². The van der Waals surface area contributed by atoms with E-state index >= 15 is 0 Å². The van der Waals surface area contributed by atoms with Crippen molar-refractivity contribution in [2.45, 2.75) is 77.0 Å². The second-order valence-electron chi connectivity index (χ2n) is 10.3. The first kappa shape index (κ1) is 27.8. The fourth-order valence-corrected chi connectivity index (χ4v) is 6.95. The number of hydrogen-bond acceptors (Lipinski definition) is 0. The molecule has 3 heteroatoms. The zero-order chi connectivity index (χ0) is 18.8. The fraction of sp³-hybridized carbons (Fsp3) is 0.643. The molecule has 0 saturated heterocycles. The Morgan fingerprint density at radius 3 is 1.35 bits per heavy atom. The Balaban J connectivity index is 0.000000201. The molecule has 4 saturated carbocycles. The van der Waals surface area contributed by atoms with E-state index in [-0.39, 0.29) is 60.2 Å². The van der Waals surface area contributed by atoms with Crippen LogP contribution >= 0.6 is 0 Å². The zero-order valence-corrected chi connectivity index (χ0v) is 24.5. The van der Waals surface area contributed by atoms with Gasteiger partial charge in [0.25, 0.3) is 0 Å². The Bertz CT molecular complexity index is 606. The summed E-state index contributed by atoms with van der Waals surface area (Å²) in [6.07, 6.45) is 36.4. The molecule has 168 valence electrons. The summed E-state index contributed by atoms with van der Waals surface area (Å²) < 4.78 is 0. The maximum Gasteiger partial charge on any atom is 4.00 e. The van der Waals surface area contributed by atoms with Gasteiger partial charge in [-0.1, -0.05) is 87.9 Å². The van der Waals surface area contributed by atoms with Crippen molar-refractivity contribution < 1.29 is 60.2 Å². The first-order chi connectivity index (χ1) is 13.9. The van der Waals surface area contributed by atoms with Gasteiger partial charge in [-0.15, -0.1) is 24.3 Å². The molecule has 6 rings (SSSR count). The monoisotopic (exact) mass is 622 g/mol. The molecule has 0 spiro atoms. The van der Waals surface area contributed by atoms with Crippen LogP contribution in [0.4, 0.5) is 0 Å². The van der Waals surface area contributed by atoms with Crippen molar-refractivity contribution in [3.63, 3.8) is 0 Å². The molecule has 31 heavy (non-hydrogen) atoms. The normalized spacial score (nSPS) is 33.2. The molecule has 0 aromatic heterocycles. The van der Waals surface area contributed by atoms with Crippen molar-refractivity contribution in [1.29, 1.82) is 0 Å². The van der Waals surface area contributed by atoms with Crippen LogP contribution in [0.25, 0.3) is 0 Å². The molecule has 6 aliphatic rings. The Morgan fingerprint density at radius 1 is 0.613 bits per heavy atom. The third-order valence-corrected chi connectivity index (χ3v) is 8.57. The van der Waals surface area contributed by atoms with Crippen molar-refractivity contribution in [2.24, 2.45) is 35.5 Å². The summed E-state index contributed by atoms with van der Waals surface area (Å²) in [5, 5.41) is 0. The van der Waals surface area contributed by atoms with Gasteiger partial charge < -0.3 is 34.0 Å². The van der Waals surface area contributed by atoms with Crippen LogP contribution in [0.2, 0.25) is 0 Å². The Labute approximate surface area is 231 Å². The van der Waals surface area contributed by atoms with Gasteiger partial charge in [0.15, 0.2) is 0 Å². The molecule has 0 heterocycles. The van der Waals surface area contributed by atoms with Crippen LogP contribution in [0.5, 0.6) is 0 Å². The van der Waals surface area contributed by atoms with E-state index in [0.29, 0.717) is 0 Å². The quantitative estimate of drug-likeness (QED) is 0.411. The topological polar surface area (TPSA) is 0 Å². The van der Waals surface area contributed by atoms with Crippen LogP contribution in [0.1, 0.15) is 77.0 Å². The Kier molecular flexibility index (Phi) is 12.0. The van der Waals surface area contributed by atoms with Crippen LogP contribution in [0, 0.1) is 48.3 Å². The summed E-state index contributed by atoms with van der Waals surface area (Å²) in [6, 6.07) is 0. The number of halogens is 2. The Morgan fingerprint density at radius 2 is 1.00 bits per heavy atom. The van der Waals surface area contributed by atoms with E-state index in [1.54, 1.807) is 11.1 Å². The minimum absolute atomic E-state index is 0. The van der Waals surface area contributed by atoms with E-state index in [9.17, 15) is 0 Å². The maximum atomic E-state index is 2.59. The molecule has 4 fully saturated rings. The van der Waals surface area contributed by atoms with Crippen molar-refractivity contribution in [2.75, 3.05) is 0 Å². The first-order valence-corrected chi connectivity index (χ1v) is 12.3. The van der Waals surface area contributed by atoms with Gasteiger partial charge in [-0.3, -0.25) is 0 Å². The second kappa shape index (κ2) is 13.4. The van der Waals surface area contributed by atoms with Crippen molar-refractivity contribution in [3.05, 3.63) is 60.4 Å². The van der Waals surface area contributed by atoms with Crippen LogP contribution in [0.15, 0.2) is 47.6 Å². The molecule has 4 atom stereocenters. The molecule has 4 unspecified atom stereocenters. The summed E-state index contributed by atoms with van der Waals surface area (Å²) in [5.74, 6) is 5.67. The van der Waals surface area contributed by atoms with E-state index in [4.69, 9.17) is 0 Å². The van der Waals surface area contributed by atoms with Crippen LogP contribution < -0.4 is 34.0 Å². The van der Waals surface area contributed by atoms with Crippen LogP contribution in [-0.2, 0) is 26.2 Å². The summed E-state index contributed by atoms with van der Waals surface area (Å²) in [7, 11) is 0. The van der Waals surface area contributed by atoms with Gasteiger partial charge in [-0.25, -0.2) is 36.1 Å². The number of fused-ring (bicyclic) bond motifs is 2. The molecular formula is C28H38Br2Zr. The third-order valence-electron chi connectivity index (χ3n) is 8.57. The number of allylic oxidation sites excluding steroid dienone is 8. The largest absolute Gasteiger partial charge is 4.00 e. The first-order valence-electron chi connectivity index (χ1n) is 12.3. The minimum atomic E-state index is 0. The van der Waals surface area contributed by atoms with Crippen LogP contribution in [0.3, 0.4) is 0 Å². The van der Waals surface area contributed by atoms with E-state index in [0.717, 1.165) is 35.5 Å². The molecule has 0 aromatic rings. The average molecular weight is 626 g/mol. The molecule has 0 amide bonds. The van der Waals surface area contributed by atoms with E-state index in [1.165, 1.54) is 77.0 Å². The zero-order valence-electron chi connectivity index (χ0n) is 18.8. The molecule has 0 nitrogen and oxygen atoms in total. The predicted molar refractivity (Wildman–Crippen MR) is 119 cm³/mol. The molecule has 0 bridgehead atoms. The van der Waals surface area contributed by atoms with Gasteiger partial charge in [-0.05, 0) is 24.7 Å². The van der Waals surface area contributed by atoms with E-state index < -0.39 is 0 Å². The van der Waals surface area contributed by atoms with Gasteiger partial charge in [0.05, 0.1) is 0 Å². The second-order valence-corrected chi connectivity index (χ2v) is 10.3. The van der Waals surface area contributed by atoms with Crippen molar-refractivity contribution in [3.8, 4) is 0 Å².